The van der Waals surface area contributed by atoms with Crippen LogP contribution in [0.3, 0.4) is 0 Å². The first-order valence-electron chi connectivity index (χ1n) is 7.13. The Labute approximate surface area is 117 Å². The summed E-state index contributed by atoms with van der Waals surface area (Å²) >= 11 is 0. The molecule has 3 nitrogen and oxygen atoms in total. The van der Waals surface area contributed by atoms with E-state index in [0.717, 1.165) is 19.6 Å². The van der Waals surface area contributed by atoms with Gasteiger partial charge >= 0.3 is 0 Å². The number of piperazine rings is 1. The molecule has 1 aliphatic rings. The summed E-state index contributed by atoms with van der Waals surface area (Å²) in [6.07, 6.45) is 0. The van der Waals surface area contributed by atoms with Crippen LogP contribution in [0.4, 0.5) is 5.69 Å². The maximum absolute atomic E-state index is 3.34. The number of aryl methyl sites for hydroxylation is 1. The van der Waals surface area contributed by atoms with Gasteiger partial charge in [0, 0.05) is 30.9 Å². The maximum Gasteiger partial charge on any atom is 0.0547 e. The third-order valence-electron chi connectivity index (χ3n) is 3.92. The molecule has 1 N–H and O–H groups in total. The van der Waals surface area contributed by atoms with E-state index in [-0.39, 0.29) is 5.54 Å². The third-order valence-corrected chi connectivity index (χ3v) is 3.92. The van der Waals surface area contributed by atoms with Crippen LogP contribution in [-0.4, -0.2) is 50.2 Å². The van der Waals surface area contributed by atoms with Gasteiger partial charge in [-0.05, 0) is 52.6 Å². The van der Waals surface area contributed by atoms with Crippen molar-refractivity contribution >= 4 is 5.69 Å². The summed E-state index contributed by atoms with van der Waals surface area (Å²) in [5.41, 5.74) is 2.83. The van der Waals surface area contributed by atoms with Gasteiger partial charge < -0.3 is 15.1 Å². The minimum atomic E-state index is 0.155. The smallest absolute Gasteiger partial charge is 0.0547 e. The van der Waals surface area contributed by atoms with E-state index >= 15 is 0 Å². The molecule has 3 heteroatoms. The van der Waals surface area contributed by atoms with Gasteiger partial charge in [-0.15, -0.1) is 0 Å². The molecule has 0 bridgehead atoms. The summed E-state index contributed by atoms with van der Waals surface area (Å²) in [5.74, 6) is 0. The Morgan fingerprint density at radius 1 is 1.37 bits per heavy atom. The van der Waals surface area contributed by atoms with Crippen LogP contribution < -0.4 is 10.2 Å². The van der Waals surface area contributed by atoms with Crippen LogP contribution in [0, 0.1) is 6.92 Å². The lowest BCUT2D eigenvalue weighted by atomic mass is 9.93. The summed E-state index contributed by atoms with van der Waals surface area (Å²) in [6, 6.07) is 9.38. The van der Waals surface area contributed by atoms with Crippen molar-refractivity contribution in [3.8, 4) is 0 Å². The molecule has 1 unspecified atom stereocenters. The number of nitrogens with one attached hydrogen (secondary N) is 1. The zero-order chi connectivity index (χ0) is 14.0. The standard InChI is InChI=1S/C16H27N3/c1-13-7-6-8-14(9-13)19-15(10-17-4)11-18(5)12-16(19,2)3/h6-9,15,17H,10-12H2,1-5H3. The Morgan fingerprint density at radius 3 is 2.74 bits per heavy atom. The second kappa shape index (κ2) is 5.51. The number of hydrogen-bond donors (Lipinski definition) is 1. The van der Waals surface area contributed by atoms with Crippen LogP contribution in [0.15, 0.2) is 24.3 Å². The lowest BCUT2D eigenvalue weighted by Gasteiger charge is -2.52. The van der Waals surface area contributed by atoms with Crippen LogP contribution in [0.5, 0.6) is 0 Å². The van der Waals surface area contributed by atoms with Crippen LogP contribution in [0.2, 0.25) is 0 Å². The van der Waals surface area contributed by atoms with E-state index in [1.165, 1.54) is 11.3 Å². The van der Waals surface area contributed by atoms with Gasteiger partial charge in [0.15, 0.2) is 0 Å². The Hall–Kier alpha value is -1.06. The molecule has 0 aliphatic carbocycles. The quantitative estimate of drug-likeness (QED) is 0.899. The van der Waals surface area contributed by atoms with E-state index in [4.69, 9.17) is 0 Å². The minimum absolute atomic E-state index is 0.155. The predicted octanol–water partition coefficient (Wildman–Crippen LogP) is 2.11. The molecular weight excluding hydrogens is 234 g/mol. The Kier molecular flexibility index (Phi) is 4.16. The SMILES string of the molecule is CNCC1CN(C)CC(C)(C)N1c1cccc(C)c1. The predicted molar refractivity (Wildman–Crippen MR) is 82.9 cm³/mol. The number of likely N-dealkylation sites (N-methyl/N-ethyl adjacent to an activating group) is 2. The summed E-state index contributed by atoms with van der Waals surface area (Å²) in [7, 11) is 4.26. The highest BCUT2D eigenvalue weighted by Gasteiger charge is 2.38. The van der Waals surface area contributed by atoms with E-state index in [0.29, 0.717) is 6.04 Å². The maximum atomic E-state index is 3.34. The van der Waals surface area contributed by atoms with Gasteiger partial charge in [-0.3, -0.25) is 0 Å². The van der Waals surface area contributed by atoms with Crippen molar-refractivity contribution < 1.29 is 0 Å². The largest absolute Gasteiger partial charge is 0.360 e. The molecule has 0 aromatic heterocycles. The molecule has 106 valence electrons. The average Bonchev–Trinajstić information content (AvgIpc) is 2.26. The van der Waals surface area contributed by atoms with Crippen molar-refractivity contribution in [2.75, 3.05) is 38.6 Å². The number of hydrogen-bond acceptors (Lipinski definition) is 3. The molecule has 1 saturated heterocycles. The fourth-order valence-electron chi connectivity index (χ4n) is 3.47. The highest BCUT2D eigenvalue weighted by molar-refractivity contribution is 5.52. The molecule has 0 saturated carbocycles. The second-order valence-electron chi connectivity index (χ2n) is 6.43. The highest BCUT2D eigenvalue weighted by atomic mass is 15.3. The monoisotopic (exact) mass is 261 g/mol. The fourth-order valence-corrected chi connectivity index (χ4v) is 3.47. The first-order chi connectivity index (χ1) is 8.94. The molecule has 1 heterocycles. The molecule has 0 spiro atoms. The van der Waals surface area contributed by atoms with Crippen LogP contribution >= 0.6 is 0 Å². The molecule has 0 radical (unpaired) electrons. The molecular formula is C16H27N3. The summed E-state index contributed by atoms with van der Waals surface area (Å²) in [5, 5.41) is 3.34. The lowest BCUT2D eigenvalue weighted by Crippen LogP contribution is -2.65. The van der Waals surface area contributed by atoms with E-state index in [1.54, 1.807) is 0 Å². The molecule has 2 rings (SSSR count). The van der Waals surface area contributed by atoms with Gasteiger partial charge in [-0.1, -0.05) is 12.1 Å². The minimum Gasteiger partial charge on any atom is -0.360 e. The van der Waals surface area contributed by atoms with Crippen molar-refractivity contribution in [1.82, 2.24) is 10.2 Å². The Balaban J connectivity index is 2.36. The summed E-state index contributed by atoms with van der Waals surface area (Å²) in [6.45, 7) is 10.1. The second-order valence-corrected chi connectivity index (χ2v) is 6.43. The van der Waals surface area contributed by atoms with E-state index in [2.05, 4.69) is 67.2 Å². The molecule has 1 fully saturated rings. The van der Waals surface area contributed by atoms with Crippen LogP contribution in [0.25, 0.3) is 0 Å². The Bertz CT molecular complexity index is 428. The zero-order valence-electron chi connectivity index (χ0n) is 12.9. The van der Waals surface area contributed by atoms with Gasteiger partial charge in [-0.25, -0.2) is 0 Å². The molecule has 1 atom stereocenters. The molecule has 1 aromatic carbocycles. The molecule has 0 amide bonds. The number of nitrogens with zero attached hydrogens (tertiary/aromatic N) is 2. The highest BCUT2D eigenvalue weighted by Crippen LogP contribution is 2.31. The van der Waals surface area contributed by atoms with E-state index < -0.39 is 0 Å². The number of anilines is 1. The van der Waals surface area contributed by atoms with Gasteiger partial charge in [0.2, 0.25) is 0 Å². The topological polar surface area (TPSA) is 18.5 Å². The first-order valence-corrected chi connectivity index (χ1v) is 7.13. The van der Waals surface area contributed by atoms with Crippen molar-refractivity contribution in [1.29, 1.82) is 0 Å². The lowest BCUT2D eigenvalue weighted by molar-refractivity contribution is 0.179. The third kappa shape index (κ3) is 3.10. The number of benzene rings is 1. The molecule has 1 aliphatic heterocycles. The van der Waals surface area contributed by atoms with Crippen molar-refractivity contribution in [2.24, 2.45) is 0 Å². The van der Waals surface area contributed by atoms with Crippen molar-refractivity contribution in [3.05, 3.63) is 29.8 Å². The fraction of sp³-hybridized carbons (Fsp3) is 0.625. The molecule has 19 heavy (non-hydrogen) atoms. The van der Waals surface area contributed by atoms with Crippen molar-refractivity contribution in [2.45, 2.75) is 32.4 Å². The average molecular weight is 261 g/mol. The first kappa shape index (κ1) is 14.4. The van der Waals surface area contributed by atoms with Crippen LogP contribution in [0.1, 0.15) is 19.4 Å². The van der Waals surface area contributed by atoms with Crippen LogP contribution in [-0.2, 0) is 0 Å². The molecule has 1 aromatic rings. The summed E-state index contributed by atoms with van der Waals surface area (Å²) in [4.78, 5) is 5.03. The van der Waals surface area contributed by atoms with Gasteiger partial charge in [0.05, 0.1) is 6.04 Å². The van der Waals surface area contributed by atoms with Gasteiger partial charge in [0.25, 0.3) is 0 Å². The van der Waals surface area contributed by atoms with Gasteiger partial charge in [-0.2, -0.15) is 0 Å². The normalized spacial score (nSPS) is 23.6. The van der Waals surface area contributed by atoms with Gasteiger partial charge in [0.1, 0.15) is 0 Å². The Morgan fingerprint density at radius 2 is 2.11 bits per heavy atom. The summed E-state index contributed by atoms with van der Waals surface area (Å²) < 4.78 is 0. The zero-order valence-corrected chi connectivity index (χ0v) is 12.9. The van der Waals surface area contributed by atoms with E-state index in [1.807, 2.05) is 7.05 Å². The van der Waals surface area contributed by atoms with E-state index in [9.17, 15) is 0 Å². The number of rotatable bonds is 3. The van der Waals surface area contributed by atoms with Crippen molar-refractivity contribution in [3.63, 3.8) is 0 Å².